The van der Waals surface area contributed by atoms with Crippen molar-refractivity contribution >= 4 is 18.0 Å². The number of amides is 2. The SMILES string of the molecule is NC(N)=O.N[C@@H](CC(=O)O)C(=O)O. The van der Waals surface area contributed by atoms with Gasteiger partial charge >= 0.3 is 18.0 Å². The molecule has 0 radical (unpaired) electrons. The van der Waals surface area contributed by atoms with Crippen LogP contribution in [0, 0.1) is 0 Å². The smallest absolute Gasteiger partial charge is 0.321 e. The van der Waals surface area contributed by atoms with Gasteiger partial charge in [-0.25, -0.2) is 4.79 Å². The van der Waals surface area contributed by atoms with E-state index >= 15 is 0 Å². The van der Waals surface area contributed by atoms with E-state index in [0.29, 0.717) is 0 Å². The van der Waals surface area contributed by atoms with Gasteiger partial charge in [-0.3, -0.25) is 9.59 Å². The normalized spacial score (nSPS) is 10.5. The minimum atomic E-state index is -1.29. The third-order valence-corrected chi connectivity index (χ3v) is 0.712. The Bertz CT molecular complexity index is 200. The van der Waals surface area contributed by atoms with E-state index in [2.05, 4.69) is 11.5 Å². The molecular formula is C5H11N3O5. The first-order valence-electron chi connectivity index (χ1n) is 3.02. The van der Waals surface area contributed by atoms with E-state index in [4.69, 9.17) is 20.7 Å². The van der Waals surface area contributed by atoms with Crippen LogP contribution < -0.4 is 17.2 Å². The van der Waals surface area contributed by atoms with Crippen molar-refractivity contribution in [3.05, 3.63) is 0 Å². The Morgan fingerprint density at radius 2 is 1.46 bits per heavy atom. The molecule has 13 heavy (non-hydrogen) atoms. The van der Waals surface area contributed by atoms with Crippen molar-refractivity contribution in [2.75, 3.05) is 0 Å². The molecular weight excluding hydrogens is 182 g/mol. The van der Waals surface area contributed by atoms with E-state index in [1.54, 1.807) is 0 Å². The molecule has 0 saturated heterocycles. The van der Waals surface area contributed by atoms with Gasteiger partial charge in [0.15, 0.2) is 0 Å². The largest absolute Gasteiger partial charge is 0.481 e. The molecule has 8 nitrogen and oxygen atoms in total. The van der Waals surface area contributed by atoms with Crippen LogP contribution in [0.25, 0.3) is 0 Å². The van der Waals surface area contributed by atoms with Crippen molar-refractivity contribution in [2.24, 2.45) is 17.2 Å². The zero-order valence-electron chi connectivity index (χ0n) is 6.64. The molecule has 0 aliphatic heterocycles. The molecule has 0 aliphatic carbocycles. The van der Waals surface area contributed by atoms with Crippen LogP contribution in [0.4, 0.5) is 4.79 Å². The molecule has 0 aromatic carbocycles. The lowest BCUT2D eigenvalue weighted by atomic mass is 10.2. The first kappa shape index (κ1) is 13.7. The number of rotatable bonds is 3. The van der Waals surface area contributed by atoms with Crippen LogP contribution in [-0.2, 0) is 9.59 Å². The van der Waals surface area contributed by atoms with Crippen molar-refractivity contribution in [3.63, 3.8) is 0 Å². The molecule has 0 unspecified atom stereocenters. The molecule has 8 heteroatoms. The lowest BCUT2D eigenvalue weighted by molar-refractivity contribution is -0.144. The van der Waals surface area contributed by atoms with E-state index in [1.807, 2.05) is 0 Å². The summed E-state index contributed by atoms with van der Waals surface area (Å²) >= 11 is 0. The lowest BCUT2D eigenvalue weighted by Gasteiger charge is -1.99. The van der Waals surface area contributed by atoms with Gasteiger partial charge in [-0.15, -0.1) is 0 Å². The van der Waals surface area contributed by atoms with Crippen molar-refractivity contribution in [2.45, 2.75) is 12.5 Å². The van der Waals surface area contributed by atoms with Gasteiger partial charge in [0.1, 0.15) is 6.04 Å². The van der Waals surface area contributed by atoms with Crippen molar-refractivity contribution in [3.8, 4) is 0 Å². The van der Waals surface area contributed by atoms with Crippen LogP contribution in [0.1, 0.15) is 6.42 Å². The topological polar surface area (TPSA) is 170 Å². The fourth-order valence-corrected chi connectivity index (χ4v) is 0.275. The number of urea groups is 1. The summed E-state index contributed by atoms with van der Waals surface area (Å²) in [5.41, 5.74) is 13.3. The molecule has 0 bridgehead atoms. The maximum atomic E-state index is 9.85. The number of aliphatic carboxylic acids is 2. The van der Waals surface area contributed by atoms with Crippen LogP contribution in [0.15, 0.2) is 0 Å². The van der Waals surface area contributed by atoms with Gasteiger partial charge in [-0.05, 0) is 0 Å². The molecule has 0 aromatic heterocycles. The number of carbonyl (C=O) groups excluding carboxylic acids is 1. The summed E-state index contributed by atoms with van der Waals surface area (Å²) in [4.78, 5) is 28.6. The first-order chi connectivity index (χ1) is 5.77. The van der Waals surface area contributed by atoms with E-state index in [1.165, 1.54) is 0 Å². The molecule has 8 N–H and O–H groups in total. The summed E-state index contributed by atoms with van der Waals surface area (Å²) in [5, 5.41) is 16.0. The monoisotopic (exact) mass is 193 g/mol. The maximum Gasteiger partial charge on any atom is 0.321 e. The van der Waals surface area contributed by atoms with Crippen LogP contribution >= 0.6 is 0 Å². The van der Waals surface area contributed by atoms with E-state index in [-0.39, 0.29) is 0 Å². The highest BCUT2D eigenvalue weighted by Gasteiger charge is 2.14. The summed E-state index contributed by atoms with van der Waals surface area (Å²) < 4.78 is 0. The Labute approximate surface area is 73.3 Å². The Kier molecular flexibility index (Phi) is 7.24. The second-order valence-electron chi connectivity index (χ2n) is 1.94. The first-order valence-corrected chi connectivity index (χ1v) is 3.02. The van der Waals surface area contributed by atoms with Crippen molar-refractivity contribution < 1.29 is 24.6 Å². The Morgan fingerprint density at radius 1 is 1.15 bits per heavy atom. The highest BCUT2D eigenvalue weighted by Crippen LogP contribution is 1.86. The number of carbonyl (C=O) groups is 3. The van der Waals surface area contributed by atoms with Gasteiger partial charge in [-0.1, -0.05) is 0 Å². The van der Waals surface area contributed by atoms with Crippen molar-refractivity contribution in [1.82, 2.24) is 0 Å². The summed E-state index contributed by atoms with van der Waals surface area (Å²) in [5.74, 6) is -2.50. The second-order valence-corrected chi connectivity index (χ2v) is 1.94. The highest BCUT2D eigenvalue weighted by atomic mass is 16.4. The minimum absolute atomic E-state index is 0.532. The van der Waals surface area contributed by atoms with Crippen LogP contribution in [0.5, 0.6) is 0 Å². The third kappa shape index (κ3) is 17.8. The Hall–Kier alpha value is -1.83. The summed E-state index contributed by atoms with van der Waals surface area (Å²) in [7, 11) is 0. The number of primary amides is 2. The van der Waals surface area contributed by atoms with Gasteiger partial charge in [0.2, 0.25) is 0 Å². The molecule has 0 spiro atoms. The van der Waals surface area contributed by atoms with Crippen LogP contribution in [0.3, 0.4) is 0 Å². The molecule has 76 valence electrons. The van der Waals surface area contributed by atoms with E-state index in [0.717, 1.165) is 0 Å². The zero-order valence-corrected chi connectivity index (χ0v) is 6.64. The molecule has 0 saturated carbocycles. The van der Waals surface area contributed by atoms with Crippen molar-refractivity contribution in [1.29, 1.82) is 0 Å². The standard InChI is InChI=1S/C4H7NO4.CH4N2O/c5-2(4(8)9)1-3(6)7;2-1(3)4/h2H,1,5H2,(H,6,7)(H,8,9);(H4,2,3,4)/t2-;/m0./s1. The summed E-state index contributed by atoms with van der Waals surface area (Å²) in [6, 6.07) is -2.12. The molecule has 0 aromatic rings. The van der Waals surface area contributed by atoms with Gasteiger partial charge in [-0.2, -0.15) is 0 Å². The van der Waals surface area contributed by atoms with E-state index < -0.39 is 30.4 Å². The van der Waals surface area contributed by atoms with Gasteiger partial charge in [0, 0.05) is 0 Å². The number of hydrogen-bond acceptors (Lipinski definition) is 4. The third-order valence-electron chi connectivity index (χ3n) is 0.712. The number of carboxylic acid groups (broad SMARTS) is 2. The fraction of sp³-hybridized carbons (Fsp3) is 0.400. The molecule has 0 fully saturated rings. The quantitative estimate of drug-likeness (QED) is 0.343. The van der Waals surface area contributed by atoms with Gasteiger partial charge < -0.3 is 27.4 Å². The van der Waals surface area contributed by atoms with Gasteiger partial charge in [0.05, 0.1) is 6.42 Å². The lowest BCUT2D eigenvalue weighted by Crippen LogP contribution is -2.32. The Balaban J connectivity index is 0. The number of carboxylic acids is 2. The molecule has 0 aliphatic rings. The number of nitrogens with two attached hydrogens (primary N) is 3. The zero-order chi connectivity index (χ0) is 11.0. The van der Waals surface area contributed by atoms with Gasteiger partial charge in [0.25, 0.3) is 0 Å². The average Bonchev–Trinajstić information content (AvgIpc) is 1.83. The average molecular weight is 193 g/mol. The molecule has 0 rings (SSSR count). The predicted octanol–water partition coefficient (Wildman–Crippen LogP) is -2.10. The summed E-state index contributed by atoms with van der Waals surface area (Å²) in [6.45, 7) is 0. The number of hydrogen-bond donors (Lipinski definition) is 5. The fourth-order valence-electron chi connectivity index (χ4n) is 0.275. The molecule has 2 amide bonds. The molecule has 1 atom stereocenters. The minimum Gasteiger partial charge on any atom is -0.481 e. The highest BCUT2D eigenvalue weighted by molar-refractivity contribution is 5.80. The van der Waals surface area contributed by atoms with Crippen LogP contribution in [0.2, 0.25) is 0 Å². The summed E-state index contributed by atoms with van der Waals surface area (Å²) in [6.07, 6.45) is -0.532. The Morgan fingerprint density at radius 3 is 1.54 bits per heavy atom. The maximum absolute atomic E-state index is 9.85. The second kappa shape index (κ2) is 6.85. The molecule has 0 heterocycles. The van der Waals surface area contributed by atoms with Crippen LogP contribution in [-0.4, -0.2) is 34.2 Å². The predicted molar refractivity (Wildman–Crippen MR) is 41.6 cm³/mol. The van der Waals surface area contributed by atoms with E-state index in [9.17, 15) is 9.59 Å².